The van der Waals surface area contributed by atoms with Gasteiger partial charge in [-0.3, -0.25) is 19.2 Å². The van der Waals surface area contributed by atoms with E-state index < -0.39 is 67.3 Å². The molecule has 0 saturated carbocycles. The van der Waals surface area contributed by atoms with Crippen molar-refractivity contribution in [3.05, 3.63) is 59.7 Å². The van der Waals surface area contributed by atoms with Crippen LogP contribution < -0.4 is 0 Å². The second-order valence-corrected chi connectivity index (χ2v) is 9.47. The van der Waals surface area contributed by atoms with Gasteiger partial charge in [0.2, 0.25) is 12.4 Å². The third-order valence-electron chi connectivity index (χ3n) is 6.48. The SMILES string of the molecule is CC(=O)OC1O[C@H](COC(=O)OCC2c3ccccc3-c3ccccc32)[C@@H](OC(C)=O)[C@H](OC(C)=O)[C@@H]1OC(C)=O. The van der Waals surface area contributed by atoms with Gasteiger partial charge in [0.25, 0.3) is 0 Å². The molecular formula is C29H30O12. The zero-order valence-electron chi connectivity index (χ0n) is 22.9. The first-order valence-electron chi connectivity index (χ1n) is 12.9. The van der Waals surface area contributed by atoms with Crippen LogP contribution in [0, 0.1) is 0 Å². The Morgan fingerprint density at radius 1 is 0.610 bits per heavy atom. The van der Waals surface area contributed by atoms with Gasteiger partial charge in [-0.1, -0.05) is 48.5 Å². The number of rotatable bonds is 8. The Balaban J connectivity index is 1.49. The van der Waals surface area contributed by atoms with Crippen molar-refractivity contribution in [1.29, 1.82) is 0 Å². The summed E-state index contributed by atoms with van der Waals surface area (Å²) in [6.07, 6.45) is -8.21. The molecule has 2 aromatic rings. The van der Waals surface area contributed by atoms with Crippen LogP contribution in [0.15, 0.2) is 48.5 Å². The molecule has 0 spiro atoms. The predicted octanol–water partition coefficient (Wildman–Crippen LogP) is 3.04. The molecule has 1 fully saturated rings. The Morgan fingerprint density at radius 3 is 1.61 bits per heavy atom. The molecule has 218 valence electrons. The number of hydrogen-bond acceptors (Lipinski definition) is 12. The number of benzene rings is 2. The zero-order chi connectivity index (χ0) is 29.7. The molecule has 2 aliphatic rings. The third-order valence-corrected chi connectivity index (χ3v) is 6.48. The summed E-state index contributed by atoms with van der Waals surface area (Å²) in [6, 6.07) is 15.6. The Kier molecular flexibility index (Phi) is 9.23. The summed E-state index contributed by atoms with van der Waals surface area (Å²) in [7, 11) is 0. The van der Waals surface area contributed by atoms with E-state index in [4.69, 9.17) is 33.2 Å². The van der Waals surface area contributed by atoms with Crippen LogP contribution in [0.1, 0.15) is 44.7 Å². The fraction of sp³-hybridized carbons (Fsp3) is 0.414. The van der Waals surface area contributed by atoms with Crippen LogP contribution in [0.25, 0.3) is 11.1 Å². The molecule has 4 rings (SSSR count). The van der Waals surface area contributed by atoms with Crippen LogP contribution >= 0.6 is 0 Å². The van der Waals surface area contributed by atoms with E-state index >= 15 is 0 Å². The number of carbonyl (C=O) groups is 5. The van der Waals surface area contributed by atoms with Crippen molar-refractivity contribution in [3.8, 4) is 11.1 Å². The Labute approximate surface area is 235 Å². The lowest BCUT2D eigenvalue weighted by molar-refractivity contribution is -0.299. The molecule has 1 saturated heterocycles. The van der Waals surface area contributed by atoms with Gasteiger partial charge in [-0.15, -0.1) is 0 Å². The second-order valence-electron chi connectivity index (χ2n) is 9.47. The first-order chi connectivity index (χ1) is 19.5. The smallest absolute Gasteiger partial charge is 0.455 e. The van der Waals surface area contributed by atoms with E-state index in [0.29, 0.717) is 0 Å². The highest BCUT2D eigenvalue weighted by Crippen LogP contribution is 2.44. The maximum atomic E-state index is 12.7. The zero-order valence-corrected chi connectivity index (χ0v) is 22.9. The molecule has 12 heteroatoms. The quantitative estimate of drug-likeness (QED) is 0.339. The van der Waals surface area contributed by atoms with Gasteiger partial charge < -0.3 is 33.2 Å². The van der Waals surface area contributed by atoms with Crippen molar-refractivity contribution in [2.24, 2.45) is 0 Å². The lowest BCUT2D eigenvalue weighted by atomic mass is 9.98. The van der Waals surface area contributed by atoms with Crippen molar-refractivity contribution < 1.29 is 57.1 Å². The van der Waals surface area contributed by atoms with E-state index in [1.54, 1.807) is 0 Å². The molecule has 41 heavy (non-hydrogen) atoms. The first kappa shape index (κ1) is 29.5. The van der Waals surface area contributed by atoms with Crippen LogP contribution in [0.5, 0.6) is 0 Å². The number of fused-ring (bicyclic) bond motifs is 3. The fourth-order valence-corrected chi connectivity index (χ4v) is 5.03. The highest BCUT2D eigenvalue weighted by Gasteiger charge is 2.53. The summed E-state index contributed by atoms with van der Waals surface area (Å²) in [5, 5.41) is 0. The first-order valence-corrected chi connectivity index (χ1v) is 12.9. The highest BCUT2D eigenvalue weighted by atomic mass is 16.8. The van der Waals surface area contributed by atoms with Gasteiger partial charge in [0.05, 0.1) is 0 Å². The van der Waals surface area contributed by atoms with Gasteiger partial charge in [-0.05, 0) is 22.3 Å². The molecule has 0 bridgehead atoms. The Bertz CT molecular complexity index is 1270. The van der Waals surface area contributed by atoms with Crippen molar-refractivity contribution in [1.82, 2.24) is 0 Å². The van der Waals surface area contributed by atoms with Gasteiger partial charge in [-0.25, -0.2) is 4.79 Å². The average molecular weight is 571 g/mol. The van der Waals surface area contributed by atoms with E-state index in [-0.39, 0.29) is 12.5 Å². The van der Waals surface area contributed by atoms with Gasteiger partial charge in [0.1, 0.15) is 19.3 Å². The van der Waals surface area contributed by atoms with Gasteiger partial charge in [-0.2, -0.15) is 0 Å². The van der Waals surface area contributed by atoms with Crippen LogP contribution in [-0.4, -0.2) is 74.0 Å². The van der Waals surface area contributed by atoms with Gasteiger partial charge in [0.15, 0.2) is 12.2 Å². The summed E-state index contributed by atoms with van der Waals surface area (Å²) in [5.41, 5.74) is 4.13. The summed E-state index contributed by atoms with van der Waals surface area (Å²) >= 11 is 0. The molecule has 0 radical (unpaired) electrons. The van der Waals surface area contributed by atoms with E-state index in [2.05, 4.69) is 0 Å². The van der Waals surface area contributed by atoms with Gasteiger partial charge >= 0.3 is 30.0 Å². The van der Waals surface area contributed by atoms with Crippen molar-refractivity contribution in [3.63, 3.8) is 0 Å². The molecule has 0 aromatic heterocycles. The molecule has 1 heterocycles. The predicted molar refractivity (Wildman–Crippen MR) is 138 cm³/mol. The topological polar surface area (TPSA) is 150 Å². The Morgan fingerprint density at radius 2 is 1.07 bits per heavy atom. The minimum absolute atomic E-state index is 0.00751. The summed E-state index contributed by atoms with van der Waals surface area (Å²) in [6.45, 7) is 3.82. The van der Waals surface area contributed by atoms with Crippen molar-refractivity contribution in [2.45, 2.75) is 64.3 Å². The number of hydrogen-bond donors (Lipinski definition) is 0. The lowest BCUT2D eigenvalue weighted by Crippen LogP contribution is -2.63. The van der Waals surface area contributed by atoms with Crippen LogP contribution in [-0.2, 0) is 52.3 Å². The molecule has 1 aliphatic carbocycles. The third kappa shape index (κ3) is 7.01. The maximum absolute atomic E-state index is 12.7. The summed E-state index contributed by atoms with van der Waals surface area (Å²) in [4.78, 5) is 60.0. The minimum atomic E-state index is -1.57. The number of ether oxygens (including phenoxy) is 7. The molecule has 1 aliphatic heterocycles. The molecular weight excluding hydrogens is 540 g/mol. The standard InChI is InChI=1S/C29H30O12/c1-15(30)37-25-24(41-28(40-18(4)33)27(39-17(3)32)26(25)38-16(2)31)14-36-29(34)35-13-23-21-11-7-5-9-19(21)20-10-6-8-12-22(20)23/h5-12,23-28H,13-14H2,1-4H3/t24-,25-,26+,27+,28?/m1/s1. The number of carbonyl (C=O) groups excluding carboxylic acids is 5. The van der Waals surface area contributed by atoms with Crippen molar-refractivity contribution >= 4 is 30.0 Å². The summed E-state index contributed by atoms with van der Waals surface area (Å²) < 4.78 is 37.5. The minimum Gasteiger partial charge on any atom is -0.455 e. The largest absolute Gasteiger partial charge is 0.508 e. The Hall–Kier alpha value is -4.45. The fourth-order valence-electron chi connectivity index (χ4n) is 5.03. The van der Waals surface area contributed by atoms with Crippen LogP contribution in [0.4, 0.5) is 4.79 Å². The molecule has 0 N–H and O–H groups in total. The highest BCUT2D eigenvalue weighted by molar-refractivity contribution is 5.79. The molecule has 12 nitrogen and oxygen atoms in total. The van der Waals surface area contributed by atoms with E-state index in [0.717, 1.165) is 49.9 Å². The van der Waals surface area contributed by atoms with E-state index in [9.17, 15) is 24.0 Å². The van der Waals surface area contributed by atoms with E-state index in [1.807, 2.05) is 48.5 Å². The number of esters is 4. The molecule has 0 amide bonds. The van der Waals surface area contributed by atoms with Crippen LogP contribution in [0.2, 0.25) is 0 Å². The summed E-state index contributed by atoms with van der Waals surface area (Å²) in [5.74, 6) is -3.39. The molecule has 1 unspecified atom stereocenters. The molecule has 5 atom stereocenters. The monoisotopic (exact) mass is 570 g/mol. The van der Waals surface area contributed by atoms with Gasteiger partial charge in [0, 0.05) is 33.6 Å². The normalized spacial score (nSPS) is 22.9. The van der Waals surface area contributed by atoms with E-state index in [1.165, 1.54) is 0 Å². The second kappa shape index (κ2) is 12.8. The maximum Gasteiger partial charge on any atom is 0.508 e. The van der Waals surface area contributed by atoms with Crippen molar-refractivity contribution in [2.75, 3.05) is 13.2 Å². The average Bonchev–Trinajstić information content (AvgIpc) is 3.22. The van der Waals surface area contributed by atoms with Crippen LogP contribution in [0.3, 0.4) is 0 Å². The molecule has 2 aromatic carbocycles. The lowest BCUT2D eigenvalue weighted by Gasteiger charge is -2.43.